The minimum Gasteiger partial charge on any atom is -0.305 e. The van der Waals surface area contributed by atoms with Crippen molar-refractivity contribution < 1.29 is 0 Å². The van der Waals surface area contributed by atoms with E-state index in [0.29, 0.717) is 6.04 Å². The lowest BCUT2D eigenvalue weighted by atomic mass is 9.89. The molecule has 0 aromatic heterocycles. The number of halogens is 1. The standard InChI is InChI=1S/C18H30BrN/c1-13(2)11-17(12-14(3)4)20-18(5,6)15-7-9-16(19)10-8-15/h7-10,13-14,17,20H,11-12H2,1-6H3. The molecule has 0 fully saturated rings. The lowest BCUT2D eigenvalue weighted by Crippen LogP contribution is -2.44. The molecular formula is C18H30BrN. The maximum Gasteiger partial charge on any atom is 0.0379 e. The first-order chi connectivity index (χ1) is 9.20. The van der Waals surface area contributed by atoms with E-state index in [4.69, 9.17) is 0 Å². The lowest BCUT2D eigenvalue weighted by molar-refractivity contribution is 0.276. The smallest absolute Gasteiger partial charge is 0.0379 e. The number of rotatable bonds is 7. The summed E-state index contributed by atoms with van der Waals surface area (Å²) in [4.78, 5) is 0. The molecule has 1 aromatic rings. The number of hydrogen-bond donors (Lipinski definition) is 1. The monoisotopic (exact) mass is 339 g/mol. The van der Waals surface area contributed by atoms with Gasteiger partial charge in [-0.3, -0.25) is 0 Å². The fourth-order valence-electron chi connectivity index (χ4n) is 2.81. The van der Waals surface area contributed by atoms with Gasteiger partial charge in [-0.05, 0) is 56.2 Å². The van der Waals surface area contributed by atoms with Gasteiger partial charge in [0, 0.05) is 16.1 Å². The van der Waals surface area contributed by atoms with Gasteiger partial charge in [-0.25, -0.2) is 0 Å². The van der Waals surface area contributed by atoms with Crippen molar-refractivity contribution in [3.63, 3.8) is 0 Å². The molecule has 1 nitrogen and oxygen atoms in total. The third-order valence-electron chi connectivity index (χ3n) is 3.64. The van der Waals surface area contributed by atoms with Gasteiger partial charge in [0.05, 0.1) is 0 Å². The van der Waals surface area contributed by atoms with Crippen LogP contribution in [-0.2, 0) is 5.54 Å². The van der Waals surface area contributed by atoms with Crippen molar-refractivity contribution in [2.24, 2.45) is 11.8 Å². The van der Waals surface area contributed by atoms with Gasteiger partial charge in [0.25, 0.3) is 0 Å². The topological polar surface area (TPSA) is 12.0 Å². The highest BCUT2D eigenvalue weighted by atomic mass is 79.9. The summed E-state index contributed by atoms with van der Waals surface area (Å²) >= 11 is 3.51. The second kappa shape index (κ2) is 7.61. The van der Waals surface area contributed by atoms with Crippen molar-refractivity contribution in [2.75, 3.05) is 0 Å². The molecule has 0 bridgehead atoms. The Hall–Kier alpha value is -0.340. The molecule has 0 radical (unpaired) electrons. The Balaban J connectivity index is 2.81. The summed E-state index contributed by atoms with van der Waals surface area (Å²) in [5.41, 5.74) is 1.35. The first-order valence-electron chi connectivity index (χ1n) is 7.74. The molecule has 0 atom stereocenters. The summed E-state index contributed by atoms with van der Waals surface area (Å²) in [5.74, 6) is 1.46. The second-order valence-corrected chi connectivity index (χ2v) is 8.15. The van der Waals surface area contributed by atoms with E-state index in [1.807, 2.05) is 0 Å². The molecule has 0 saturated heterocycles. The Labute approximate surface area is 133 Å². The fourth-order valence-corrected chi connectivity index (χ4v) is 3.08. The number of nitrogens with one attached hydrogen (secondary N) is 1. The van der Waals surface area contributed by atoms with Gasteiger partial charge in [0.1, 0.15) is 0 Å². The maximum atomic E-state index is 3.88. The summed E-state index contributed by atoms with van der Waals surface area (Å²) in [6, 6.07) is 9.24. The third-order valence-corrected chi connectivity index (χ3v) is 4.17. The predicted molar refractivity (Wildman–Crippen MR) is 93.0 cm³/mol. The molecule has 0 aliphatic heterocycles. The zero-order valence-electron chi connectivity index (χ0n) is 13.8. The predicted octanol–water partition coefficient (Wildman–Crippen LogP) is 5.73. The van der Waals surface area contributed by atoms with Crippen molar-refractivity contribution in [1.29, 1.82) is 0 Å². The minimum absolute atomic E-state index is 0.00907. The molecule has 1 N–H and O–H groups in total. The van der Waals surface area contributed by atoms with E-state index in [-0.39, 0.29) is 5.54 Å². The van der Waals surface area contributed by atoms with Crippen LogP contribution in [0, 0.1) is 11.8 Å². The van der Waals surface area contributed by atoms with Crippen LogP contribution in [-0.4, -0.2) is 6.04 Å². The molecule has 20 heavy (non-hydrogen) atoms. The second-order valence-electron chi connectivity index (χ2n) is 7.23. The molecule has 0 aliphatic carbocycles. The van der Waals surface area contributed by atoms with Crippen LogP contribution < -0.4 is 5.32 Å². The summed E-state index contributed by atoms with van der Waals surface area (Å²) in [6.07, 6.45) is 2.47. The molecule has 2 heteroatoms. The van der Waals surface area contributed by atoms with Crippen LogP contribution in [0.1, 0.15) is 59.9 Å². The van der Waals surface area contributed by atoms with Gasteiger partial charge in [-0.2, -0.15) is 0 Å². The zero-order chi connectivity index (χ0) is 15.3. The van der Waals surface area contributed by atoms with Gasteiger partial charge in [0.15, 0.2) is 0 Å². The maximum absolute atomic E-state index is 3.88. The molecule has 1 rings (SSSR count). The van der Waals surface area contributed by atoms with E-state index < -0.39 is 0 Å². The number of hydrogen-bond acceptors (Lipinski definition) is 1. The van der Waals surface area contributed by atoms with Crippen molar-refractivity contribution in [1.82, 2.24) is 5.32 Å². The molecule has 0 unspecified atom stereocenters. The molecule has 1 aromatic carbocycles. The van der Waals surface area contributed by atoms with Crippen LogP contribution in [0.25, 0.3) is 0 Å². The van der Waals surface area contributed by atoms with E-state index >= 15 is 0 Å². The molecule has 0 heterocycles. The molecule has 0 aliphatic rings. The molecule has 0 spiro atoms. The SMILES string of the molecule is CC(C)CC(CC(C)C)NC(C)(C)c1ccc(Br)cc1. The van der Waals surface area contributed by atoms with Crippen molar-refractivity contribution in [2.45, 2.75) is 66.0 Å². The van der Waals surface area contributed by atoms with E-state index in [9.17, 15) is 0 Å². The van der Waals surface area contributed by atoms with Gasteiger partial charge >= 0.3 is 0 Å². The van der Waals surface area contributed by atoms with E-state index in [2.05, 4.69) is 87.1 Å². The molecule has 0 saturated carbocycles. The van der Waals surface area contributed by atoms with Crippen LogP contribution in [0.2, 0.25) is 0 Å². The van der Waals surface area contributed by atoms with Crippen LogP contribution in [0.15, 0.2) is 28.7 Å². The van der Waals surface area contributed by atoms with Gasteiger partial charge in [-0.1, -0.05) is 55.8 Å². The Morgan fingerprint density at radius 2 is 1.40 bits per heavy atom. The average molecular weight is 340 g/mol. The Morgan fingerprint density at radius 3 is 1.80 bits per heavy atom. The molecule has 114 valence electrons. The Morgan fingerprint density at radius 1 is 0.950 bits per heavy atom. The Kier molecular flexibility index (Phi) is 6.74. The van der Waals surface area contributed by atoms with E-state index in [1.54, 1.807) is 0 Å². The largest absolute Gasteiger partial charge is 0.305 e. The fraction of sp³-hybridized carbons (Fsp3) is 0.667. The summed E-state index contributed by atoms with van der Waals surface area (Å²) in [7, 11) is 0. The van der Waals surface area contributed by atoms with Gasteiger partial charge < -0.3 is 5.32 Å². The first kappa shape index (κ1) is 17.7. The molecular weight excluding hydrogens is 310 g/mol. The number of benzene rings is 1. The third kappa shape index (κ3) is 5.97. The quantitative estimate of drug-likeness (QED) is 0.668. The van der Waals surface area contributed by atoms with Crippen LogP contribution in [0.4, 0.5) is 0 Å². The van der Waals surface area contributed by atoms with Crippen LogP contribution in [0.3, 0.4) is 0 Å². The highest BCUT2D eigenvalue weighted by molar-refractivity contribution is 9.10. The van der Waals surface area contributed by atoms with Gasteiger partial charge in [0.2, 0.25) is 0 Å². The van der Waals surface area contributed by atoms with Crippen molar-refractivity contribution >= 4 is 15.9 Å². The highest BCUT2D eigenvalue weighted by Crippen LogP contribution is 2.25. The van der Waals surface area contributed by atoms with Crippen LogP contribution in [0.5, 0.6) is 0 Å². The summed E-state index contributed by atoms with van der Waals surface area (Å²) in [5, 5.41) is 3.88. The first-order valence-corrected chi connectivity index (χ1v) is 8.53. The normalized spacial score (nSPS) is 12.7. The zero-order valence-corrected chi connectivity index (χ0v) is 15.4. The Bertz CT molecular complexity index is 382. The minimum atomic E-state index is 0.00907. The van der Waals surface area contributed by atoms with E-state index in [1.165, 1.54) is 18.4 Å². The van der Waals surface area contributed by atoms with Crippen LogP contribution >= 0.6 is 15.9 Å². The lowest BCUT2D eigenvalue weighted by Gasteiger charge is -2.34. The van der Waals surface area contributed by atoms with Crippen molar-refractivity contribution in [3.8, 4) is 0 Å². The average Bonchev–Trinajstić information content (AvgIpc) is 2.26. The van der Waals surface area contributed by atoms with Crippen molar-refractivity contribution in [3.05, 3.63) is 34.3 Å². The van der Waals surface area contributed by atoms with E-state index in [0.717, 1.165) is 16.3 Å². The molecule has 0 amide bonds. The summed E-state index contributed by atoms with van der Waals surface area (Å²) < 4.78 is 1.14. The highest BCUT2D eigenvalue weighted by Gasteiger charge is 2.25. The van der Waals surface area contributed by atoms with Gasteiger partial charge in [-0.15, -0.1) is 0 Å². The summed E-state index contributed by atoms with van der Waals surface area (Å²) in [6.45, 7) is 13.8.